The third-order valence-electron chi connectivity index (χ3n) is 2.40. The second-order valence-corrected chi connectivity index (χ2v) is 3.72. The van der Waals surface area contributed by atoms with Gasteiger partial charge in [-0.25, -0.2) is 9.78 Å². The molecule has 0 unspecified atom stereocenters. The van der Waals surface area contributed by atoms with E-state index in [1.807, 2.05) is 30.3 Å². The summed E-state index contributed by atoms with van der Waals surface area (Å²) in [6, 6.07) is 9.99. The van der Waals surface area contributed by atoms with Gasteiger partial charge in [-0.2, -0.15) is 0 Å². The summed E-state index contributed by atoms with van der Waals surface area (Å²) in [5.74, 6) is 0. The van der Waals surface area contributed by atoms with Crippen LogP contribution in [0, 0.1) is 0 Å². The molecule has 0 spiro atoms. The zero-order chi connectivity index (χ0) is 13.7. The van der Waals surface area contributed by atoms with Gasteiger partial charge in [0.1, 0.15) is 5.52 Å². The molecular weight excluding hydrogens is 246 g/mol. The average molecular weight is 259 g/mol. The van der Waals surface area contributed by atoms with Crippen LogP contribution in [0.1, 0.15) is 5.56 Å². The zero-order valence-electron chi connectivity index (χ0n) is 10.0. The van der Waals surface area contributed by atoms with Crippen LogP contribution in [0.4, 0.5) is 0 Å². The van der Waals surface area contributed by atoms with Gasteiger partial charge >= 0.3 is 5.69 Å². The molecule has 0 radical (unpaired) electrons. The molecule has 1 aromatic carbocycles. The van der Waals surface area contributed by atoms with Crippen LogP contribution in [-0.4, -0.2) is 19.9 Å². The van der Waals surface area contributed by atoms with Crippen LogP contribution in [0.3, 0.4) is 0 Å². The average Bonchev–Trinajstić information content (AvgIpc) is 2.89. The normalized spacial score (nSPS) is 9.95. The Balaban J connectivity index is 0.000000148. The van der Waals surface area contributed by atoms with Crippen LogP contribution in [0.5, 0.6) is 0 Å². The van der Waals surface area contributed by atoms with Crippen molar-refractivity contribution in [2.24, 2.45) is 5.73 Å². The van der Waals surface area contributed by atoms with E-state index in [9.17, 15) is 9.59 Å². The van der Waals surface area contributed by atoms with E-state index in [2.05, 4.69) is 19.9 Å². The molecule has 0 aliphatic heterocycles. The first kappa shape index (κ1) is 12.8. The number of aromatic nitrogens is 4. The summed E-state index contributed by atoms with van der Waals surface area (Å²) in [6.45, 7) is 0.640. The van der Waals surface area contributed by atoms with Gasteiger partial charge in [0.25, 0.3) is 5.56 Å². The van der Waals surface area contributed by atoms with Gasteiger partial charge in [-0.3, -0.25) is 14.8 Å². The number of benzene rings is 1. The van der Waals surface area contributed by atoms with Crippen LogP contribution >= 0.6 is 0 Å². The molecule has 0 aliphatic rings. The molecule has 0 saturated heterocycles. The van der Waals surface area contributed by atoms with Crippen LogP contribution in [0.25, 0.3) is 11.2 Å². The number of fused-ring (bicyclic) bond motifs is 1. The second-order valence-electron chi connectivity index (χ2n) is 3.72. The Morgan fingerprint density at radius 1 is 1.11 bits per heavy atom. The summed E-state index contributed by atoms with van der Waals surface area (Å²) in [5, 5.41) is 0. The highest BCUT2D eigenvalue weighted by Gasteiger charge is 1.99. The fraction of sp³-hybridized carbons (Fsp3) is 0.0833. The maximum Gasteiger partial charge on any atom is 0.327 e. The van der Waals surface area contributed by atoms with Crippen molar-refractivity contribution in [1.82, 2.24) is 19.9 Å². The van der Waals surface area contributed by atoms with Crippen molar-refractivity contribution in [1.29, 1.82) is 0 Å². The summed E-state index contributed by atoms with van der Waals surface area (Å²) in [6.07, 6.45) is 1.34. The van der Waals surface area contributed by atoms with E-state index < -0.39 is 11.2 Å². The number of nitrogens with one attached hydrogen (secondary N) is 3. The molecule has 0 bridgehead atoms. The Hall–Kier alpha value is -2.67. The van der Waals surface area contributed by atoms with E-state index in [-0.39, 0.29) is 11.2 Å². The van der Waals surface area contributed by atoms with Gasteiger partial charge in [0.05, 0.1) is 6.33 Å². The Bertz CT molecular complexity index is 757. The van der Waals surface area contributed by atoms with Crippen molar-refractivity contribution in [2.45, 2.75) is 6.54 Å². The van der Waals surface area contributed by atoms with E-state index in [1.54, 1.807) is 0 Å². The van der Waals surface area contributed by atoms with Gasteiger partial charge in [-0.15, -0.1) is 0 Å². The Kier molecular flexibility index (Phi) is 3.89. The Labute approximate surface area is 107 Å². The molecule has 3 rings (SSSR count). The monoisotopic (exact) mass is 259 g/mol. The summed E-state index contributed by atoms with van der Waals surface area (Å²) in [5.41, 5.74) is 6.09. The van der Waals surface area contributed by atoms with Gasteiger partial charge in [-0.1, -0.05) is 30.3 Å². The number of rotatable bonds is 1. The third-order valence-corrected chi connectivity index (χ3v) is 2.40. The molecule has 2 heterocycles. The predicted molar refractivity (Wildman–Crippen MR) is 71.7 cm³/mol. The van der Waals surface area contributed by atoms with E-state index in [1.165, 1.54) is 11.9 Å². The molecule has 5 N–H and O–H groups in total. The SMILES string of the molecule is NCc1ccccc1.O=c1[nH]c(=O)c2[nH]cnc2[nH]1. The molecular formula is C12H13N5O2. The van der Waals surface area contributed by atoms with Crippen molar-refractivity contribution in [3.63, 3.8) is 0 Å². The first-order valence-corrected chi connectivity index (χ1v) is 5.60. The van der Waals surface area contributed by atoms with Gasteiger partial charge in [0.2, 0.25) is 0 Å². The van der Waals surface area contributed by atoms with Crippen molar-refractivity contribution >= 4 is 11.2 Å². The number of nitrogens with zero attached hydrogens (tertiary/aromatic N) is 1. The first-order valence-electron chi connectivity index (χ1n) is 5.60. The molecule has 0 fully saturated rings. The van der Waals surface area contributed by atoms with E-state index in [4.69, 9.17) is 5.73 Å². The van der Waals surface area contributed by atoms with Crippen LogP contribution in [-0.2, 0) is 6.54 Å². The lowest BCUT2D eigenvalue weighted by Crippen LogP contribution is -2.21. The second kappa shape index (κ2) is 5.78. The molecule has 7 nitrogen and oxygen atoms in total. The standard InChI is InChI=1S/C7H9N.C5H4N4O2/c8-6-7-4-2-1-3-5-7;10-4-2-3(7-1-6-2)8-5(11)9-4/h1-5H,6,8H2;1H,(H3,6,7,8,9,10,11). The minimum atomic E-state index is -0.547. The molecule has 7 heteroatoms. The summed E-state index contributed by atoms with van der Waals surface area (Å²) in [4.78, 5) is 32.3. The Morgan fingerprint density at radius 2 is 1.84 bits per heavy atom. The van der Waals surface area contributed by atoms with Crippen molar-refractivity contribution in [3.05, 3.63) is 63.1 Å². The minimum absolute atomic E-state index is 0.277. The largest absolute Gasteiger partial charge is 0.339 e. The highest BCUT2D eigenvalue weighted by molar-refractivity contribution is 5.67. The molecule has 0 saturated carbocycles. The summed E-state index contributed by atoms with van der Waals surface area (Å²) < 4.78 is 0. The number of nitrogens with two attached hydrogens (primary N) is 1. The number of hydrogen-bond donors (Lipinski definition) is 4. The highest BCUT2D eigenvalue weighted by Crippen LogP contribution is 1.94. The topological polar surface area (TPSA) is 120 Å². The van der Waals surface area contributed by atoms with Gasteiger partial charge in [-0.05, 0) is 5.56 Å². The predicted octanol–water partition coefficient (Wildman–Crippen LogP) is 0.0848. The minimum Gasteiger partial charge on any atom is -0.339 e. The number of hydrogen-bond acceptors (Lipinski definition) is 4. The highest BCUT2D eigenvalue weighted by atomic mass is 16.2. The lowest BCUT2D eigenvalue weighted by atomic mass is 10.2. The zero-order valence-corrected chi connectivity index (χ0v) is 10.0. The quantitative estimate of drug-likeness (QED) is 0.494. The molecule has 98 valence electrons. The van der Waals surface area contributed by atoms with Crippen molar-refractivity contribution in [3.8, 4) is 0 Å². The van der Waals surface area contributed by atoms with Gasteiger partial charge in [0.15, 0.2) is 5.65 Å². The summed E-state index contributed by atoms with van der Waals surface area (Å²) >= 11 is 0. The van der Waals surface area contributed by atoms with Crippen LogP contribution in [0.2, 0.25) is 0 Å². The fourth-order valence-corrected chi connectivity index (χ4v) is 1.48. The van der Waals surface area contributed by atoms with Crippen molar-refractivity contribution < 1.29 is 0 Å². The Morgan fingerprint density at radius 3 is 2.47 bits per heavy atom. The molecule has 0 amide bonds. The molecule has 0 atom stereocenters. The fourth-order valence-electron chi connectivity index (χ4n) is 1.48. The van der Waals surface area contributed by atoms with Crippen molar-refractivity contribution in [2.75, 3.05) is 0 Å². The van der Waals surface area contributed by atoms with E-state index in [0.717, 1.165) is 0 Å². The summed E-state index contributed by atoms with van der Waals surface area (Å²) in [7, 11) is 0. The number of imidazole rings is 1. The van der Waals surface area contributed by atoms with E-state index >= 15 is 0 Å². The molecule has 0 aliphatic carbocycles. The first-order chi connectivity index (χ1) is 9.20. The molecule has 19 heavy (non-hydrogen) atoms. The maximum absolute atomic E-state index is 10.9. The van der Waals surface area contributed by atoms with Crippen LogP contribution < -0.4 is 17.0 Å². The van der Waals surface area contributed by atoms with E-state index in [0.29, 0.717) is 6.54 Å². The third kappa shape index (κ3) is 3.17. The lowest BCUT2D eigenvalue weighted by Gasteiger charge is -1.90. The number of H-pyrrole nitrogens is 3. The van der Waals surface area contributed by atoms with Gasteiger partial charge in [0, 0.05) is 6.54 Å². The number of aromatic amines is 3. The smallest absolute Gasteiger partial charge is 0.327 e. The lowest BCUT2D eigenvalue weighted by molar-refractivity contribution is 1.07. The molecule has 3 aromatic rings. The maximum atomic E-state index is 10.9. The van der Waals surface area contributed by atoms with Crippen LogP contribution in [0.15, 0.2) is 46.2 Å². The molecule has 2 aromatic heterocycles. The van der Waals surface area contributed by atoms with Gasteiger partial charge < -0.3 is 10.7 Å².